The molecule has 0 saturated heterocycles. The Labute approximate surface area is 147 Å². The van der Waals surface area contributed by atoms with Gasteiger partial charge in [-0.2, -0.15) is 4.98 Å². The van der Waals surface area contributed by atoms with Gasteiger partial charge in [-0.1, -0.05) is 29.4 Å². The molecule has 0 saturated carbocycles. The van der Waals surface area contributed by atoms with Crippen molar-refractivity contribution in [1.82, 2.24) is 10.1 Å². The van der Waals surface area contributed by atoms with Crippen LogP contribution in [0.3, 0.4) is 0 Å². The molecule has 5 heteroatoms. The van der Waals surface area contributed by atoms with Crippen molar-refractivity contribution >= 4 is 0 Å². The fourth-order valence-corrected chi connectivity index (χ4v) is 2.50. The lowest BCUT2D eigenvalue weighted by Crippen LogP contribution is -2.00. The highest BCUT2D eigenvalue weighted by Crippen LogP contribution is 2.20. The molecule has 130 valence electrons. The fourth-order valence-electron chi connectivity index (χ4n) is 2.50. The average Bonchev–Trinajstić information content (AvgIpc) is 3.09. The number of benzene rings is 2. The average molecular weight is 338 g/mol. The molecule has 0 spiro atoms. The first-order valence-electron chi connectivity index (χ1n) is 8.50. The predicted molar refractivity (Wildman–Crippen MR) is 95.9 cm³/mol. The SMILES string of the molecule is CCOc1ccc(OCCCc2nc(-c3ccccc3C)no2)cc1. The van der Waals surface area contributed by atoms with Crippen molar-refractivity contribution in [3.05, 3.63) is 60.0 Å². The standard InChI is InChI=1S/C20H22N2O3/c1-3-23-16-10-12-17(13-11-16)24-14-6-9-19-21-20(22-25-19)18-8-5-4-7-15(18)2/h4-5,7-8,10-13H,3,6,9,14H2,1-2H3. The van der Waals surface area contributed by atoms with Crippen molar-refractivity contribution in [2.75, 3.05) is 13.2 Å². The first kappa shape index (κ1) is 17.0. The van der Waals surface area contributed by atoms with Crippen LogP contribution in [0.4, 0.5) is 0 Å². The number of nitrogens with zero attached hydrogens (tertiary/aromatic N) is 2. The van der Waals surface area contributed by atoms with E-state index in [0.29, 0.717) is 31.3 Å². The number of aryl methyl sites for hydroxylation is 2. The lowest BCUT2D eigenvalue weighted by molar-refractivity contribution is 0.297. The Bertz CT molecular complexity index is 797. The summed E-state index contributed by atoms with van der Waals surface area (Å²) in [6.07, 6.45) is 1.50. The maximum atomic E-state index is 5.73. The van der Waals surface area contributed by atoms with Crippen LogP contribution in [0.1, 0.15) is 24.8 Å². The second-order valence-electron chi connectivity index (χ2n) is 5.68. The van der Waals surface area contributed by atoms with Gasteiger partial charge in [0.15, 0.2) is 0 Å². The molecule has 1 heterocycles. The van der Waals surface area contributed by atoms with Gasteiger partial charge in [0.2, 0.25) is 11.7 Å². The van der Waals surface area contributed by atoms with Gasteiger partial charge in [0, 0.05) is 12.0 Å². The number of ether oxygens (including phenoxy) is 2. The molecule has 0 unspecified atom stereocenters. The molecule has 0 atom stereocenters. The second-order valence-corrected chi connectivity index (χ2v) is 5.68. The van der Waals surface area contributed by atoms with Gasteiger partial charge in [0.25, 0.3) is 0 Å². The Hall–Kier alpha value is -2.82. The molecular weight excluding hydrogens is 316 g/mol. The summed E-state index contributed by atoms with van der Waals surface area (Å²) in [6.45, 7) is 5.26. The van der Waals surface area contributed by atoms with Crippen LogP contribution in [-0.2, 0) is 6.42 Å². The van der Waals surface area contributed by atoms with Crippen LogP contribution >= 0.6 is 0 Å². The van der Waals surface area contributed by atoms with E-state index < -0.39 is 0 Å². The first-order chi connectivity index (χ1) is 12.3. The Morgan fingerprint density at radius 2 is 1.68 bits per heavy atom. The molecule has 0 aliphatic heterocycles. The molecule has 0 radical (unpaired) electrons. The minimum atomic E-state index is 0.593. The van der Waals surface area contributed by atoms with E-state index in [2.05, 4.69) is 10.1 Å². The highest BCUT2D eigenvalue weighted by molar-refractivity contribution is 5.58. The summed E-state index contributed by atoms with van der Waals surface area (Å²) in [6, 6.07) is 15.6. The molecular formula is C20H22N2O3. The summed E-state index contributed by atoms with van der Waals surface area (Å²) >= 11 is 0. The van der Waals surface area contributed by atoms with Crippen molar-refractivity contribution in [2.24, 2.45) is 0 Å². The van der Waals surface area contributed by atoms with Crippen LogP contribution in [0.2, 0.25) is 0 Å². The molecule has 0 N–H and O–H groups in total. The summed E-state index contributed by atoms with van der Waals surface area (Å²) in [5.74, 6) is 2.95. The minimum Gasteiger partial charge on any atom is -0.494 e. The van der Waals surface area contributed by atoms with Crippen molar-refractivity contribution in [3.8, 4) is 22.9 Å². The molecule has 1 aromatic heterocycles. The van der Waals surface area contributed by atoms with Crippen LogP contribution in [-0.4, -0.2) is 23.4 Å². The van der Waals surface area contributed by atoms with Gasteiger partial charge in [-0.05, 0) is 50.1 Å². The third-order valence-corrected chi connectivity index (χ3v) is 3.79. The molecule has 0 amide bonds. The molecule has 0 fully saturated rings. The van der Waals surface area contributed by atoms with Crippen LogP contribution in [0.5, 0.6) is 11.5 Å². The van der Waals surface area contributed by atoms with E-state index in [4.69, 9.17) is 14.0 Å². The molecule has 0 aliphatic carbocycles. The van der Waals surface area contributed by atoms with Crippen LogP contribution in [0, 0.1) is 6.92 Å². The maximum absolute atomic E-state index is 5.73. The van der Waals surface area contributed by atoms with E-state index in [9.17, 15) is 0 Å². The van der Waals surface area contributed by atoms with Crippen molar-refractivity contribution < 1.29 is 14.0 Å². The Morgan fingerprint density at radius 3 is 2.40 bits per heavy atom. The van der Waals surface area contributed by atoms with E-state index in [1.54, 1.807) is 0 Å². The minimum absolute atomic E-state index is 0.593. The smallest absolute Gasteiger partial charge is 0.227 e. The lowest BCUT2D eigenvalue weighted by Gasteiger charge is -2.06. The van der Waals surface area contributed by atoms with E-state index in [1.165, 1.54) is 0 Å². The molecule has 2 aromatic carbocycles. The molecule has 3 aromatic rings. The largest absolute Gasteiger partial charge is 0.494 e. The van der Waals surface area contributed by atoms with Crippen LogP contribution in [0.15, 0.2) is 53.1 Å². The summed E-state index contributed by atoms with van der Waals surface area (Å²) in [5.41, 5.74) is 2.14. The molecule has 0 aliphatic rings. The van der Waals surface area contributed by atoms with Gasteiger partial charge in [-0.3, -0.25) is 0 Å². The molecule has 3 rings (SSSR count). The van der Waals surface area contributed by atoms with E-state index in [-0.39, 0.29) is 0 Å². The zero-order valence-corrected chi connectivity index (χ0v) is 14.6. The summed E-state index contributed by atoms with van der Waals surface area (Å²) in [5, 5.41) is 4.07. The van der Waals surface area contributed by atoms with Gasteiger partial charge < -0.3 is 14.0 Å². The first-order valence-corrected chi connectivity index (χ1v) is 8.50. The van der Waals surface area contributed by atoms with Gasteiger partial charge in [-0.25, -0.2) is 0 Å². The zero-order valence-electron chi connectivity index (χ0n) is 14.6. The number of hydrogen-bond donors (Lipinski definition) is 0. The quantitative estimate of drug-likeness (QED) is 0.568. The van der Waals surface area contributed by atoms with E-state index in [0.717, 1.165) is 29.0 Å². The number of aromatic nitrogens is 2. The Balaban J connectivity index is 1.47. The van der Waals surface area contributed by atoms with E-state index in [1.807, 2.05) is 62.4 Å². The molecule has 5 nitrogen and oxygen atoms in total. The van der Waals surface area contributed by atoms with Crippen LogP contribution in [0.25, 0.3) is 11.4 Å². The highest BCUT2D eigenvalue weighted by Gasteiger charge is 2.10. The third-order valence-electron chi connectivity index (χ3n) is 3.79. The summed E-state index contributed by atoms with van der Waals surface area (Å²) in [4.78, 5) is 4.47. The van der Waals surface area contributed by atoms with Crippen molar-refractivity contribution in [3.63, 3.8) is 0 Å². The van der Waals surface area contributed by atoms with Crippen molar-refractivity contribution in [1.29, 1.82) is 0 Å². The maximum Gasteiger partial charge on any atom is 0.227 e. The Morgan fingerprint density at radius 1 is 0.960 bits per heavy atom. The fraction of sp³-hybridized carbons (Fsp3) is 0.300. The monoisotopic (exact) mass is 338 g/mol. The number of rotatable bonds is 8. The van der Waals surface area contributed by atoms with Gasteiger partial charge >= 0.3 is 0 Å². The lowest BCUT2D eigenvalue weighted by atomic mass is 10.1. The second kappa shape index (κ2) is 8.33. The van der Waals surface area contributed by atoms with Gasteiger partial charge in [-0.15, -0.1) is 0 Å². The molecule has 25 heavy (non-hydrogen) atoms. The van der Waals surface area contributed by atoms with Gasteiger partial charge in [0.1, 0.15) is 11.5 Å². The third kappa shape index (κ3) is 4.59. The summed E-state index contributed by atoms with van der Waals surface area (Å²) in [7, 11) is 0. The van der Waals surface area contributed by atoms with Crippen LogP contribution < -0.4 is 9.47 Å². The number of hydrogen-bond acceptors (Lipinski definition) is 5. The predicted octanol–water partition coefficient (Wildman–Crippen LogP) is 4.46. The zero-order chi connectivity index (χ0) is 17.5. The summed E-state index contributed by atoms with van der Waals surface area (Å²) < 4.78 is 16.5. The Kier molecular flexibility index (Phi) is 5.67. The topological polar surface area (TPSA) is 57.4 Å². The molecule has 0 bridgehead atoms. The highest BCUT2D eigenvalue weighted by atomic mass is 16.5. The van der Waals surface area contributed by atoms with E-state index >= 15 is 0 Å². The normalized spacial score (nSPS) is 10.6. The van der Waals surface area contributed by atoms with Crippen molar-refractivity contribution in [2.45, 2.75) is 26.7 Å². The van der Waals surface area contributed by atoms with Gasteiger partial charge in [0.05, 0.1) is 13.2 Å².